The van der Waals surface area contributed by atoms with Crippen LogP contribution in [0, 0.1) is 19.8 Å². The molecular weight excluding hydrogens is 360 g/mol. The number of carbonyl (C=O) groups excluding carboxylic acids is 1. The van der Waals surface area contributed by atoms with Crippen molar-refractivity contribution < 1.29 is 14.3 Å². The van der Waals surface area contributed by atoms with Crippen LogP contribution >= 0.6 is 11.3 Å². The van der Waals surface area contributed by atoms with Crippen molar-refractivity contribution in [2.75, 3.05) is 44.4 Å². The Bertz CT molecular complexity index is 821. The summed E-state index contributed by atoms with van der Waals surface area (Å²) in [6.07, 6.45) is 1.63. The first-order valence-electron chi connectivity index (χ1n) is 9.66. The molecule has 2 fully saturated rings. The van der Waals surface area contributed by atoms with Crippen LogP contribution in [-0.4, -0.2) is 50.3 Å². The van der Waals surface area contributed by atoms with Crippen LogP contribution in [0.4, 0.5) is 5.69 Å². The molecular formula is C21H26N2O3S. The van der Waals surface area contributed by atoms with Crippen molar-refractivity contribution in [3.8, 4) is 10.4 Å². The van der Waals surface area contributed by atoms with Gasteiger partial charge in [0.15, 0.2) is 5.78 Å². The highest BCUT2D eigenvalue weighted by Crippen LogP contribution is 2.35. The highest BCUT2D eigenvalue weighted by molar-refractivity contribution is 7.15. The summed E-state index contributed by atoms with van der Waals surface area (Å²) < 4.78 is 10.9. The highest BCUT2D eigenvalue weighted by atomic mass is 32.1. The van der Waals surface area contributed by atoms with Crippen LogP contribution in [0.5, 0.6) is 0 Å². The molecule has 2 aromatic rings. The average molecular weight is 387 g/mol. The minimum absolute atomic E-state index is 0.0656. The summed E-state index contributed by atoms with van der Waals surface area (Å²) in [6, 6.07) is 6.32. The molecule has 1 aromatic carbocycles. The molecule has 0 saturated carbocycles. The summed E-state index contributed by atoms with van der Waals surface area (Å²) >= 11 is 1.69. The number of anilines is 1. The molecule has 2 aliphatic rings. The average Bonchev–Trinajstić information content (AvgIpc) is 3.06. The van der Waals surface area contributed by atoms with Crippen LogP contribution in [0.2, 0.25) is 0 Å². The molecule has 6 heteroatoms. The highest BCUT2D eigenvalue weighted by Gasteiger charge is 2.25. The summed E-state index contributed by atoms with van der Waals surface area (Å²) in [6.45, 7) is 8.60. The number of hydrogen-bond donors (Lipinski definition) is 0. The van der Waals surface area contributed by atoms with Gasteiger partial charge in [-0.1, -0.05) is 0 Å². The minimum Gasteiger partial charge on any atom is -0.381 e. The molecule has 2 aliphatic heterocycles. The van der Waals surface area contributed by atoms with Crippen molar-refractivity contribution in [3.05, 3.63) is 34.5 Å². The van der Waals surface area contributed by atoms with E-state index in [1.54, 1.807) is 11.3 Å². The Labute approximate surface area is 164 Å². The van der Waals surface area contributed by atoms with Gasteiger partial charge in [0.2, 0.25) is 0 Å². The fourth-order valence-corrected chi connectivity index (χ4v) is 4.79. The molecule has 1 aromatic heterocycles. The SMILES string of the molecule is Cc1nc(C)c(-c2cc(C(=O)C3CCOCC3)cc(N3CCOCC3)c2)s1. The first kappa shape index (κ1) is 18.6. The predicted molar refractivity (Wildman–Crippen MR) is 108 cm³/mol. The van der Waals surface area contributed by atoms with Gasteiger partial charge in [0, 0.05) is 43.5 Å². The number of nitrogens with zero attached hydrogens (tertiary/aromatic N) is 2. The quantitative estimate of drug-likeness (QED) is 0.747. The van der Waals surface area contributed by atoms with E-state index in [1.165, 1.54) is 0 Å². The van der Waals surface area contributed by atoms with Crippen molar-refractivity contribution >= 4 is 22.8 Å². The van der Waals surface area contributed by atoms with Gasteiger partial charge in [-0.05, 0) is 50.5 Å². The number of ether oxygens (including phenoxy) is 2. The van der Waals surface area contributed by atoms with Gasteiger partial charge < -0.3 is 14.4 Å². The number of carbonyl (C=O) groups is 1. The lowest BCUT2D eigenvalue weighted by Crippen LogP contribution is -2.36. The number of benzene rings is 1. The van der Waals surface area contributed by atoms with Gasteiger partial charge in [-0.25, -0.2) is 4.98 Å². The first-order valence-corrected chi connectivity index (χ1v) is 10.5. The maximum Gasteiger partial charge on any atom is 0.166 e. The Morgan fingerprint density at radius 2 is 1.78 bits per heavy atom. The third-order valence-electron chi connectivity index (χ3n) is 5.34. The predicted octanol–water partition coefficient (Wildman–Crippen LogP) is 3.87. The second-order valence-electron chi connectivity index (χ2n) is 7.27. The van der Waals surface area contributed by atoms with Crippen LogP contribution in [-0.2, 0) is 9.47 Å². The van der Waals surface area contributed by atoms with Gasteiger partial charge in [-0.3, -0.25) is 4.79 Å². The molecule has 4 rings (SSSR count). The molecule has 3 heterocycles. The van der Waals surface area contributed by atoms with E-state index >= 15 is 0 Å². The zero-order chi connectivity index (χ0) is 18.8. The molecule has 0 unspecified atom stereocenters. The maximum absolute atomic E-state index is 13.2. The standard InChI is InChI=1S/C21H26N2O3S/c1-14-21(27-15(2)22-14)18-11-17(20(24)16-3-7-25-8-4-16)12-19(13-18)23-5-9-26-10-6-23/h11-13,16H,3-10H2,1-2H3. The molecule has 144 valence electrons. The van der Waals surface area contributed by atoms with Gasteiger partial charge in [0.25, 0.3) is 0 Å². The number of Topliss-reactive ketones (excluding diaryl/α,β-unsaturated/α-hetero) is 1. The number of aryl methyl sites for hydroxylation is 2. The van der Waals surface area contributed by atoms with Gasteiger partial charge >= 0.3 is 0 Å². The van der Waals surface area contributed by atoms with Crippen LogP contribution in [0.3, 0.4) is 0 Å². The van der Waals surface area contributed by atoms with Crippen LogP contribution in [0.25, 0.3) is 10.4 Å². The van der Waals surface area contributed by atoms with Gasteiger partial charge in [0.05, 0.1) is 28.8 Å². The molecule has 27 heavy (non-hydrogen) atoms. The molecule has 0 spiro atoms. The maximum atomic E-state index is 13.2. The summed E-state index contributed by atoms with van der Waals surface area (Å²) in [5, 5.41) is 1.05. The van der Waals surface area contributed by atoms with E-state index < -0.39 is 0 Å². The fraction of sp³-hybridized carbons (Fsp3) is 0.524. The monoisotopic (exact) mass is 386 g/mol. The van der Waals surface area contributed by atoms with E-state index in [4.69, 9.17) is 9.47 Å². The Morgan fingerprint density at radius 3 is 2.44 bits per heavy atom. The molecule has 0 aliphatic carbocycles. The number of thiazole rings is 1. The zero-order valence-corrected chi connectivity index (χ0v) is 16.8. The third kappa shape index (κ3) is 4.08. The van der Waals surface area contributed by atoms with E-state index in [1.807, 2.05) is 13.8 Å². The minimum atomic E-state index is 0.0656. The molecule has 0 atom stereocenters. The summed E-state index contributed by atoms with van der Waals surface area (Å²) in [5.41, 5.74) is 4.04. The van der Waals surface area contributed by atoms with E-state index in [2.05, 4.69) is 28.1 Å². The van der Waals surface area contributed by atoms with Gasteiger partial charge in [-0.15, -0.1) is 11.3 Å². The number of aromatic nitrogens is 1. The largest absolute Gasteiger partial charge is 0.381 e. The molecule has 2 saturated heterocycles. The van der Waals surface area contributed by atoms with Crippen molar-refractivity contribution in [2.45, 2.75) is 26.7 Å². The molecule has 0 amide bonds. The van der Waals surface area contributed by atoms with Crippen LogP contribution < -0.4 is 4.90 Å². The summed E-state index contributed by atoms with van der Waals surface area (Å²) in [4.78, 5) is 21.2. The third-order valence-corrected chi connectivity index (χ3v) is 6.46. The van der Waals surface area contributed by atoms with E-state index in [-0.39, 0.29) is 11.7 Å². The summed E-state index contributed by atoms with van der Waals surface area (Å²) in [5.74, 6) is 0.310. The van der Waals surface area contributed by atoms with E-state index in [0.29, 0.717) is 13.2 Å². The second-order valence-corrected chi connectivity index (χ2v) is 8.47. The number of ketones is 1. The van der Waals surface area contributed by atoms with Gasteiger partial charge in [0.1, 0.15) is 0 Å². The van der Waals surface area contributed by atoms with Crippen molar-refractivity contribution in [2.24, 2.45) is 5.92 Å². The number of hydrogen-bond acceptors (Lipinski definition) is 6. The van der Waals surface area contributed by atoms with Crippen LogP contribution in [0.1, 0.15) is 33.9 Å². The smallest absolute Gasteiger partial charge is 0.166 e. The molecule has 0 bridgehead atoms. The summed E-state index contributed by atoms with van der Waals surface area (Å²) in [7, 11) is 0. The number of rotatable bonds is 4. The van der Waals surface area contributed by atoms with Crippen molar-refractivity contribution in [1.82, 2.24) is 4.98 Å². The lowest BCUT2D eigenvalue weighted by molar-refractivity contribution is 0.0545. The lowest BCUT2D eigenvalue weighted by atomic mass is 9.89. The van der Waals surface area contributed by atoms with Crippen molar-refractivity contribution in [3.63, 3.8) is 0 Å². The second kappa shape index (κ2) is 8.09. The molecule has 0 radical (unpaired) electrons. The van der Waals surface area contributed by atoms with E-state index in [9.17, 15) is 4.79 Å². The fourth-order valence-electron chi connectivity index (χ4n) is 3.88. The molecule has 0 N–H and O–H groups in total. The topological polar surface area (TPSA) is 51.7 Å². The Hall–Kier alpha value is -1.76. The Morgan fingerprint density at radius 1 is 1.07 bits per heavy atom. The van der Waals surface area contributed by atoms with Crippen LogP contribution in [0.15, 0.2) is 18.2 Å². The first-order chi connectivity index (χ1) is 13.1. The van der Waals surface area contributed by atoms with Gasteiger partial charge in [-0.2, -0.15) is 0 Å². The Balaban J connectivity index is 1.73. The van der Waals surface area contributed by atoms with E-state index in [0.717, 1.165) is 71.5 Å². The number of morpholine rings is 1. The van der Waals surface area contributed by atoms with Crippen molar-refractivity contribution in [1.29, 1.82) is 0 Å². The zero-order valence-electron chi connectivity index (χ0n) is 16.0. The lowest BCUT2D eigenvalue weighted by Gasteiger charge is -2.30. The molecule has 5 nitrogen and oxygen atoms in total. The normalized spacial score (nSPS) is 18.7. The Kier molecular flexibility index (Phi) is 5.57.